The Kier molecular flexibility index (Phi) is 3.88. The Morgan fingerprint density at radius 1 is 1.61 bits per heavy atom. The molecule has 0 atom stereocenters. The molecule has 0 saturated heterocycles. The van der Waals surface area contributed by atoms with Gasteiger partial charge in [0.1, 0.15) is 6.54 Å². The lowest BCUT2D eigenvalue weighted by Crippen LogP contribution is -2.10. The van der Waals surface area contributed by atoms with Gasteiger partial charge in [-0.3, -0.25) is 0 Å². The van der Waals surface area contributed by atoms with Crippen molar-refractivity contribution in [2.45, 2.75) is 19.3 Å². The summed E-state index contributed by atoms with van der Waals surface area (Å²) in [5, 5.41) is 11.0. The van der Waals surface area contributed by atoms with E-state index in [1.165, 1.54) is 11.0 Å². The van der Waals surface area contributed by atoms with E-state index in [2.05, 4.69) is 20.5 Å². The van der Waals surface area contributed by atoms with Crippen molar-refractivity contribution in [1.82, 2.24) is 25.1 Å². The monoisotopic (exact) mass is 271 g/mol. The maximum absolute atomic E-state index is 11.6. The molecule has 96 valence electrons. The summed E-state index contributed by atoms with van der Waals surface area (Å²) in [7, 11) is 0. The van der Waals surface area contributed by atoms with E-state index in [4.69, 9.17) is 20.9 Å². The van der Waals surface area contributed by atoms with Gasteiger partial charge in [0.25, 0.3) is 0 Å². The number of ether oxygens (including phenoxy) is 1. The van der Waals surface area contributed by atoms with Crippen LogP contribution in [0.5, 0.6) is 0 Å². The SMILES string of the molecule is CCOC(=O)c1nnn(Cc2ncno2)c1CCl. The van der Waals surface area contributed by atoms with Gasteiger partial charge in [0.2, 0.25) is 5.89 Å². The fraction of sp³-hybridized carbons (Fsp3) is 0.444. The first-order valence-corrected chi connectivity index (χ1v) is 5.70. The Balaban J connectivity index is 2.24. The second-order valence-corrected chi connectivity index (χ2v) is 3.50. The number of carbonyl (C=O) groups excluding carboxylic acids is 1. The number of hydrogen-bond donors (Lipinski definition) is 0. The first-order chi connectivity index (χ1) is 8.76. The minimum atomic E-state index is -0.551. The summed E-state index contributed by atoms with van der Waals surface area (Å²) in [6.45, 7) is 2.17. The van der Waals surface area contributed by atoms with Crippen LogP contribution in [0.4, 0.5) is 0 Å². The minimum absolute atomic E-state index is 0.0787. The largest absolute Gasteiger partial charge is 0.461 e. The van der Waals surface area contributed by atoms with E-state index in [0.29, 0.717) is 11.6 Å². The van der Waals surface area contributed by atoms with E-state index in [9.17, 15) is 4.79 Å². The Morgan fingerprint density at radius 3 is 3.06 bits per heavy atom. The fourth-order valence-corrected chi connectivity index (χ4v) is 1.61. The van der Waals surface area contributed by atoms with Gasteiger partial charge in [-0.2, -0.15) is 4.98 Å². The third kappa shape index (κ3) is 2.48. The molecule has 0 unspecified atom stereocenters. The lowest BCUT2D eigenvalue weighted by molar-refractivity contribution is 0.0518. The van der Waals surface area contributed by atoms with Gasteiger partial charge in [-0.25, -0.2) is 9.48 Å². The van der Waals surface area contributed by atoms with Gasteiger partial charge in [0.15, 0.2) is 12.0 Å². The van der Waals surface area contributed by atoms with Crippen LogP contribution in [0.2, 0.25) is 0 Å². The molecule has 18 heavy (non-hydrogen) atoms. The van der Waals surface area contributed by atoms with Gasteiger partial charge in [-0.1, -0.05) is 10.4 Å². The number of alkyl halides is 1. The van der Waals surface area contributed by atoms with Crippen molar-refractivity contribution in [3.8, 4) is 0 Å². The van der Waals surface area contributed by atoms with Crippen molar-refractivity contribution in [3.05, 3.63) is 23.6 Å². The molecule has 0 aliphatic carbocycles. The highest BCUT2D eigenvalue weighted by molar-refractivity contribution is 6.17. The molecule has 2 rings (SSSR count). The summed E-state index contributed by atoms with van der Waals surface area (Å²) in [4.78, 5) is 15.4. The summed E-state index contributed by atoms with van der Waals surface area (Å²) < 4.78 is 11.1. The number of esters is 1. The lowest BCUT2D eigenvalue weighted by atomic mass is 10.3. The van der Waals surface area contributed by atoms with Gasteiger partial charge < -0.3 is 9.26 Å². The van der Waals surface area contributed by atoms with Gasteiger partial charge in [-0.15, -0.1) is 16.7 Å². The van der Waals surface area contributed by atoms with Crippen LogP contribution in [0.1, 0.15) is 29.0 Å². The highest BCUT2D eigenvalue weighted by Crippen LogP contribution is 2.11. The number of hydrogen-bond acceptors (Lipinski definition) is 7. The summed E-state index contributed by atoms with van der Waals surface area (Å²) in [5.41, 5.74) is 0.555. The predicted molar refractivity (Wildman–Crippen MR) is 58.9 cm³/mol. The molecule has 0 N–H and O–H groups in total. The van der Waals surface area contributed by atoms with Crippen LogP contribution in [0, 0.1) is 0 Å². The van der Waals surface area contributed by atoms with E-state index in [1.54, 1.807) is 6.92 Å². The molecular weight excluding hydrogens is 262 g/mol. The summed E-state index contributed by atoms with van der Waals surface area (Å²) in [5.74, 6) is -0.124. The quantitative estimate of drug-likeness (QED) is 0.581. The van der Waals surface area contributed by atoms with Crippen LogP contribution in [-0.4, -0.2) is 37.7 Å². The van der Waals surface area contributed by atoms with E-state index < -0.39 is 5.97 Å². The number of nitrogens with zero attached hydrogens (tertiary/aromatic N) is 5. The zero-order valence-corrected chi connectivity index (χ0v) is 10.3. The first kappa shape index (κ1) is 12.5. The number of carbonyl (C=O) groups is 1. The molecule has 2 aromatic heterocycles. The average Bonchev–Trinajstić information content (AvgIpc) is 2.99. The molecule has 0 aliphatic heterocycles. The van der Waals surface area contributed by atoms with Crippen LogP contribution in [0.3, 0.4) is 0 Å². The van der Waals surface area contributed by atoms with Gasteiger partial charge in [-0.05, 0) is 6.92 Å². The molecule has 2 aromatic rings. The van der Waals surface area contributed by atoms with Crippen LogP contribution in [-0.2, 0) is 17.2 Å². The highest BCUT2D eigenvalue weighted by atomic mass is 35.5. The Morgan fingerprint density at radius 2 is 2.44 bits per heavy atom. The molecule has 9 heteroatoms. The maximum atomic E-state index is 11.6. The van der Waals surface area contributed by atoms with Gasteiger partial charge in [0, 0.05) is 0 Å². The van der Waals surface area contributed by atoms with Crippen LogP contribution >= 0.6 is 11.6 Å². The predicted octanol–water partition coefficient (Wildman–Crippen LogP) is 0.625. The second kappa shape index (κ2) is 5.58. The molecule has 0 aromatic carbocycles. The molecule has 0 radical (unpaired) electrons. The molecule has 0 spiro atoms. The van der Waals surface area contributed by atoms with Gasteiger partial charge in [0.05, 0.1) is 18.2 Å². The normalized spacial score (nSPS) is 10.6. The topological polar surface area (TPSA) is 95.9 Å². The van der Waals surface area contributed by atoms with Crippen molar-refractivity contribution >= 4 is 17.6 Å². The molecular formula is C9H10ClN5O3. The summed E-state index contributed by atoms with van der Waals surface area (Å²) in [6.07, 6.45) is 1.28. The molecule has 0 aliphatic rings. The van der Waals surface area contributed by atoms with Crippen molar-refractivity contribution < 1.29 is 14.1 Å². The molecule has 0 fully saturated rings. The van der Waals surface area contributed by atoms with Gasteiger partial charge >= 0.3 is 5.97 Å². The number of rotatable bonds is 5. The highest BCUT2D eigenvalue weighted by Gasteiger charge is 2.20. The first-order valence-electron chi connectivity index (χ1n) is 5.17. The van der Waals surface area contributed by atoms with Crippen molar-refractivity contribution in [2.24, 2.45) is 0 Å². The molecule has 0 saturated carbocycles. The van der Waals surface area contributed by atoms with E-state index in [1.807, 2.05) is 0 Å². The van der Waals surface area contributed by atoms with Crippen molar-refractivity contribution in [1.29, 1.82) is 0 Å². The second-order valence-electron chi connectivity index (χ2n) is 3.23. The fourth-order valence-electron chi connectivity index (χ4n) is 1.34. The smallest absolute Gasteiger partial charge is 0.360 e. The van der Waals surface area contributed by atoms with Crippen LogP contribution in [0.15, 0.2) is 10.9 Å². The zero-order valence-electron chi connectivity index (χ0n) is 9.54. The Bertz CT molecular complexity index is 524. The standard InChI is InChI=1S/C9H10ClN5O3/c1-2-17-9(16)8-6(3-10)15(14-13-8)4-7-11-5-12-18-7/h5H,2-4H2,1H3. The molecule has 2 heterocycles. The van der Waals surface area contributed by atoms with E-state index in [-0.39, 0.29) is 24.7 Å². The van der Waals surface area contributed by atoms with Crippen molar-refractivity contribution in [3.63, 3.8) is 0 Å². The van der Waals surface area contributed by atoms with E-state index in [0.717, 1.165) is 0 Å². The molecule has 0 bridgehead atoms. The minimum Gasteiger partial charge on any atom is -0.461 e. The lowest BCUT2D eigenvalue weighted by Gasteiger charge is -2.02. The molecule has 8 nitrogen and oxygen atoms in total. The number of aromatic nitrogens is 5. The van der Waals surface area contributed by atoms with Crippen molar-refractivity contribution in [2.75, 3.05) is 6.61 Å². The summed E-state index contributed by atoms with van der Waals surface area (Å²) in [6, 6.07) is 0. The van der Waals surface area contributed by atoms with E-state index >= 15 is 0 Å². The molecule has 0 amide bonds. The Hall–Kier alpha value is -1.96. The van der Waals surface area contributed by atoms with Crippen LogP contribution in [0.25, 0.3) is 0 Å². The Labute approximate surface area is 107 Å². The summed E-state index contributed by atoms with van der Waals surface area (Å²) >= 11 is 5.79. The maximum Gasteiger partial charge on any atom is 0.360 e. The number of halogens is 1. The zero-order chi connectivity index (χ0) is 13.0. The average molecular weight is 272 g/mol. The third-order valence-electron chi connectivity index (χ3n) is 2.12. The third-order valence-corrected chi connectivity index (χ3v) is 2.38. The van der Waals surface area contributed by atoms with Crippen LogP contribution < -0.4 is 0 Å².